The number of hydrogen-bond acceptors (Lipinski definition) is 6. The van der Waals surface area contributed by atoms with Gasteiger partial charge in [-0.3, -0.25) is 9.55 Å². The minimum Gasteiger partial charge on any atom is -0.282 e. The number of rotatable bonds is 5. The average Bonchev–Trinajstić information content (AvgIpc) is 3.35. The Kier molecular flexibility index (Phi) is 5.51. The molecule has 0 saturated heterocycles. The second kappa shape index (κ2) is 7.90. The Morgan fingerprint density at radius 1 is 1.19 bits per heavy atom. The first-order valence-electron chi connectivity index (χ1n) is 9.11. The molecule has 32 heavy (non-hydrogen) atoms. The molecule has 168 valence electrons. The van der Waals surface area contributed by atoms with Crippen molar-refractivity contribution in [2.45, 2.75) is 31.0 Å². The lowest BCUT2D eigenvalue weighted by atomic mass is 10.1. The van der Waals surface area contributed by atoms with Crippen molar-refractivity contribution in [2.24, 2.45) is 0 Å². The Morgan fingerprint density at radius 3 is 2.53 bits per heavy atom. The second-order valence-corrected chi connectivity index (χ2v) is 9.54. The molecule has 0 amide bonds. The fourth-order valence-corrected chi connectivity index (χ4v) is 4.81. The van der Waals surface area contributed by atoms with E-state index in [-0.39, 0.29) is 0 Å². The Labute approximate surface area is 183 Å². The minimum atomic E-state index is -4.73. The molecular formula is C19H15F4N5O2S2. The van der Waals surface area contributed by atoms with Gasteiger partial charge in [0.25, 0.3) is 0 Å². The summed E-state index contributed by atoms with van der Waals surface area (Å²) in [5.74, 6) is -0.391. The number of hydrogen-bond donors (Lipinski definition) is 1. The molecule has 0 aliphatic rings. The maximum atomic E-state index is 14.1. The molecule has 13 heteroatoms. The molecule has 0 aliphatic carbocycles. The number of halogens is 4. The zero-order valence-corrected chi connectivity index (χ0v) is 18.2. The van der Waals surface area contributed by atoms with E-state index in [2.05, 4.69) is 15.2 Å². The first-order chi connectivity index (χ1) is 15.0. The number of aryl methyl sites for hydroxylation is 1. The molecule has 1 aromatic carbocycles. The molecule has 1 N–H and O–H groups in total. The first kappa shape index (κ1) is 22.3. The highest BCUT2D eigenvalue weighted by Crippen LogP contribution is 2.33. The van der Waals surface area contributed by atoms with Crippen molar-refractivity contribution in [1.29, 1.82) is 0 Å². The number of benzene rings is 1. The summed E-state index contributed by atoms with van der Waals surface area (Å²) in [7, 11) is -4.44. The molecule has 0 spiro atoms. The molecule has 0 bridgehead atoms. The van der Waals surface area contributed by atoms with Crippen molar-refractivity contribution in [1.82, 2.24) is 24.5 Å². The summed E-state index contributed by atoms with van der Waals surface area (Å²) in [6.07, 6.45) is -3.76. The van der Waals surface area contributed by atoms with E-state index in [0.29, 0.717) is 39.9 Å². The maximum absolute atomic E-state index is 14.1. The average molecular weight is 485 g/mol. The van der Waals surface area contributed by atoms with E-state index in [4.69, 9.17) is 0 Å². The predicted molar refractivity (Wildman–Crippen MR) is 111 cm³/mol. The van der Waals surface area contributed by atoms with Gasteiger partial charge in [-0.25, -0.2) is 12.8 Å². The normalized spacial score (nSPS) is 13.6. The van der Waals surface area contributed by atoms with Gasteiger partial charge in [-0.2, -0.15) is 17.9 Å². The van der Waals surface area contributed by atoms with Gasteiger partial charge < -0.3 is 0 Å². The Morgan fingerprint density at radius 2 is 1.94 bits per heavy atom. The van der Waals surface area contributed by atoms with Gasteiger partial charge in [-0.15, -0.1) is 10.2 Å². The number of fused-ring (bicyclic) bond motifs is 1. The van der Waals surface area contributed by atoms with Gasteiger partial charge in [-0.1, -0.05) is 11.3 Å². The first-order valence-corrected chi connectivity index (χ1v) is 11.5. The van der Waals surface area contributed by atoms with Gasteiger partial charge in [0, 0.05) is 11.6 Å². The van der Waals surface area contributed by atoms with E-state index in [9.17, 15) is 26.0 Å². The third-order valence-electron chi connectivity index (χ3n) is 4.75. The van der Waals surface area contributed by atoms with Crippen LogP contribution < -0.4 is 4.72 Å². The van der Waals surface area contributed by atoms with Crippen molar-refractivity contribution in [2.75, 3.05) is 0 Å². The molecule has 0 radical (unpaired) electrons. The number of pyridine rings is 1. The van der Waals surface area contributed by atoms with Crippen molar-refractivity contribution >= 4 is 32.3 Å². The van der Waals surface area contributed by atoms with Gasteiger partial charge in [0.2, 0.25) is 15.2 Å². The summed E-state index contributed by atoms with van der Waals surface area (Å²) in [6.45, 7) is 2.33. The summed E-state index contributed by atoms with van der Waals surface area (Å²) in [5.41, 5.74) is 3.40. The predicted octanol–water partition coefficient (Wildman–Crippen LogP) is 4.22. The molecule has 1 atom stereocenters. The van der Waals surface area contributed by atoms with Crippen LogP contribution in [0.4, 0.5) is 17.6 Å². The van der Waals surface area contributed by atoms with Crippen LogP contribution in [0.5, 0.6) is 0 Å². The molecule has 4 aromatic rings. The zero-order chi connectivity index (χ0) is 23.3. The number of nitrogens with zero attached hydrogens (tertiary/aromatic N) is 4. The van der Waals surface area contributed by atoms with Gasteiger partial charge in [0.1, 0.15) is 22.3 Å². The molecule has 3 heterocycles. The van der Waals surface area contributed by atoms with Crippen LogP contribution in [-0.2, 0) is 10.0 Å². The quantitative estimate of drug-likeness (QED) is 0.428. The van der Waals surface area contributed by atoms with Crippen LogP contribution in [0.25, 0.3) is 27.4 Å². The fraction of sp³-hybridized carbons (Fsp3) is 0.211. The van der Waals surface area contributed by atoms with Crippen molar-refractivity contribution in [3.05, 3.63) is 53.4 Å². The van der Waals surface area contributed by atoms with E-state index < -0.39 is 33.0 Å². The van der Waals surface area contributed by atoms with Crippen LogP contribution >= 0.6 is 11.3 Å². The SMILES string of the molecule is Cc1cc2c(cc1F)cc(-c1ccc(S(=O)(=O)N[C@@H](C)C(F)(F)F)cn1)n2-c1nncs1. The Balaban J connectivity index is 1.78. The van der Waals surface area contributed by atoms with Gasteiger partial charge >= 0.3 is 6.18 Å². The topological polar surface area (TPSA) is 89.8 Å². The summed E-state index contributed by atoms with van der Waals surface area (Å²) in [4.78, 5) is 3.72. The largest absolute Gasteiger partial charge is 0.404 e. The van der Waals surface area contributed by atoms with Crippen LogP contribution in [0, 0.1) is 12.7 Å². The zero-order valence-electron chi connectivity index (χ0n) is 16.6. The molecule has 0 saturated carbocycles. The number of sulfonamides is 1. The number of aromatic nitrogens is 4. The van der Waals surface area contributed by atoms with E-state index in [1.165, 1.54) is 29.0 Å². The van der Waals surface area contributed by atoms with Gasteiger partial charge in [0.05, 0.1) is 16.9 Å². The van der Waals surface area contributed by atoms with Crippen LogP contribution in [0.15, 0.2) is 46.9 Å². The standard InChI is InChI=1S/C19H15F4N5O2S2/c1-10-5-16-12(6-14(10)20)7-17(28(16)18-26-25-9-31-18)15-4-3-13(8-24-15)32(29,30)27-11(2)19(21,22)23/h3-9,11,27H,1-2H3/t11-/m0/s1. The van der Waals surface area contributed by atoms with Crippen LogP contribution in [-0.4, -0.2) is 40.4 Å². The second-order valence-electron chi connectivity index (χ2n) is 7.01. The van der Waals surface area contributed by atoms with E-state index in [1.807, 2.05) is 0 Å². The lowest BCUT2D eigenvalue weighted by Gasteiger charge is -2.17. The molecule has 7 nitrogen and oxygen atoms in total. The van der Waals surface area contributed by atoms with Crippen molar-refractivity contribution < 1.29 is 26.0 Å². The molecule has 0 unspecified atom stereocenters. The third-order valence-corrected chi connectivity index (χ3v) is 6.95. The summed E-state index contributed by atoms with van der Waals surface area (Å²) < 4.78 is 80.2. The number of nitrogens with one attached hydrogen (secondary N) is 1. The number of alkyl halides is 3. The summed E-state index contributed by atoms with van der Waals surface area (Å²) in [5, 5.41) is 8.94. The Hall–Kier alpha value is -2.90. The van der Waals surface area contributed by atoms with Gasteiger partial charge in [0.15, 0.2) is 0 Å². The Bertz CT molecular complexity index is 1380. The molecule has 0 fully saturated rings. The summed E-state index contributed by atoms with van der Waals surface area (Å²) >= 11 is 1.24. The molecule has 4 rings (SSSR count). The van der Waals surface area contributed by atoms with Gasteiger partial charge in [-0.05, 0) is 49.7 Å². The maximum Gasteiger partial charge on any atom is 0.404 e. The smallest absolute Gasteiger partial charge is 0.282 e. The van der Waals surface area contributed by atoms with Crippen molar-refractivity contribution in [3.63, 3.8) is 0 Å². The van der Waals surface area contributed by atoms with E-state index in [1.54, 1.807) is 28.3 Å². The van der Waals surface area contributed by atoms with Crippen molar-refractivity contribution in [3.8, 4) is 16.5 Å². The van der Waals surface area contributed by atoms with E-state index in [0.717, 1.165) is 12.3 Å². The van der Waals surface area contributed by atoms with Crippen LogP contribution in [0.3, 0.4) is 0 Å². The highest BCUT2D eigenvalue weighted by molar-refractivity contribution is 7.89. The van der Waals surface area contributed by atoms with E-state index >= 15 is 0 Å². The summed E-state index contributed by atoms with van der Waals surface area (Å²) in [6, 6.07) is 4.94. The van der Waals surface area contributed by atoms with Crippen LogP contribution in [0.2, 0.25) is 0 Å². The highest BCUT2D eigenvalue weighted by Gasteiger charge is 2.39. The molecule has 0 aliphatic heterocycles. The fourth-order valence-electron chi connectivity index (χ4n) is 3.05. The monoisotopic (exact) mass is 485 g/mol. The van der Waals surface area contributed by atoms with Crippen LogP contribution in [0.1, 0.15) is 12.5 Å². The third kappa shape index (κ3) is 4.10. The lowest BCUT2D eigenvalue weighted by Crippen LogP contribution is -2.42. The minimum absolute atomic E-state index is 0.317. The molecule has 3 aromatic heterocycles. The lowest BCUT2D eigenvalue weighted by molar-refractivity contribution is -0.147. The highest BCUT2D eigenvalue weighted by atomic mass is 32.2. The molecular weight excluding hydrogens is 470 g/mol.